The lowest BCUT2D eigenvalue weighted by molar-refractivity contribution is 0.217. The second-order valence-electron chi connectivity index (χ2n) is 5.37. The van der Waals surface area contributed by atoms with Crippen LogP contribution < -0.4 is 5.32 Å². The minimum absolute atomic E-state index is 0.636. The molecule has 0 amide bonds. The van der Waals surface area contributed by atoms with Crippen molar-refractivity contribution in [2.24, 2.45) is 0 Å². The van der Waals surface area contributed by atoms with E-state index < -0.39 is 0 Å². The Morgan fingerprint density at radius 3 is 2.74 bits per heavy atom. The number of hydrogen-bond acceptors (Lipinski definition) is 3. The van der Waals surface area contributed by atoms with E-state index in [2.05, 4.69) is 42.0 Å². The molecule has 0 spiro atoms. The fraction of sp³-hybridized carbons (Fsp3) is 0.688. The Labute approximate surface area is 118 Å². The lowest BCUT2D eigenvalue weighted by atomic mass is 10.2. The Kier molecular flexibility index (Phi) is 8.43. The van der Waals surface area contributed by atoms with Gasteiger partial charge >= 0.3 is 0 Å². The summed E-state index contributed by atoms with van der Waals surface area (Å²) in [6, 6.07) is 4.74. The van der Waals surface area contributed by atoms with Crippen molar-refractivity contribution in [3.05, 3.63) is 30.1 Å². The van der Waals surface area contributed by atoms with E-state index in [1.807, 2.05) is 18.5 Å². The highest BCUT2D eigenvalue weighted by molar-refractivity contribution is 5.07. The normalized spacial score (nSPS) is 11.4. The van der Waals surface area contributed by atoms with Gasteiger partial charge in [-0.1, -0.05) is 25.8 Å². The van der Waals surface area contributed by atoms with Gasteiger partial charge in [0.1, 0.15) is 0 Å². The number of nitrogens with one attached hydrogen (secondary N) is 1. The van der Waals surface area contributed by atoms with E-state index in [0.717, 1.165) is 19.6 Å². The summed E-state index contributed by atoms with van der Waals surface area (Å²) in [7, 11) is 0. The minimum Gasteiger partial charge on any atom is -0.311 e. The first kappa shape index (κ1) is 16.1. The Morgan fingerprint density at radius 2 is 2.11 bits per heavy atom. The van der Waals surface area contributed by atoms with Gasteiger partial charge in [0.2, 0.25) is 0 Å². The Balaban J connectivity index is 2.17. The van der Waals surface area contributed by atoms with E-state index in [1.165, 1.54) is 31.4 Å². The largest absolute Gasteiger partial charge is 0.311 e. The summed E-state index contributed by atoms with van der Waals surface area (Å²) in [6.07, 6.45) is 7.70. The first-order valence-electron chi connectivity index (χ1n) is 7.57. The van der Waals surface area contributed by atoms with Gasteiger partial charge in [0.25, 0.3) is 0 Å². The lowest BCUT2D eigenvalue weighted by Crippen LogP contribution is -2.37. The molecular formula is C16H29N3. The predicted molar refractivity (Wildman–Crippen MR) is 82.2 cm³/mol. The maximum Gasteiger partial charge on any atom is 0.0312 e. The average Bonchev–Trinajstić information content (AvgIpc) is 2.42. The molecule has 1 N–H and O–H groups in total. The van der Waals surface area contributed by atoms with Crippen molar-refractivity contribution >= 4 is 0 Å². The highest BCUT2D eigenvalue weighted by atomic mass is 15.2. The summed E-state index contributed by atoms with van der Waals surface area (Å²) in [6.45, 7) is 11.1. The van der Waals surface area contributed by atoms with Crippen LogP contribution in [-0.2, 0) is 6.54 Å². The smallest absolute Gasteiger partial charge is 0.0312 e. The zero-order valence-corrected chi connectivity index (χ0v) is 12.7. The fourth-order valence-electron chi connectivity index (χ4n) is 2.15. The van der Waals surface area contributed by atoms with E-state index in [4.69, 9.17) is 0 Å². The van der Waals surface area contributed by atoms with Crippen LogP contribution in [-0.4, -0.2) is 35.6 Å². The van der Waals surface area contributed by atoms with E-state index in [9.17, 15) is 0 Å². The number of hydrogen-bond donors (Lipinski definition) is 1. The number of aromatic nitrogens is 1. The van der Waals surface area contributed by atoms with Gasteiger partial charge in [-0.05, 0) is 38.4 Å². The van der Waals surface area contributed by atoms with Crippen molar-refractivity contribution < 1.29 is 0 Å². The van der Waals surface area contributed by atoms with E-state index in [0.29, 0.717) is 6.04 Å². The molecular weight excluding hydrogens is 234 g/mol. The van der Waals surface area contributed by atoms with Crippen LogP contribution in [0.5, 0.6) is 0 Å². The second kappa shape index (κ2) is 9.93. The molecule has 3 nitrogen and oxygen atoms in total. The van der Waals surface area contributed by atoms with Gasteiger partial charge in [-0.2, -0.15) is 0 Å². The van der Waals surface area contributed by atoms with Gasteiger partial charge in [0, 0.05) is 38.1 Å². The molecule has 0 saturated heterocycles. The highest BCUT2D eigenvalue weighted by Gasteiger charge is 2.07. The van der Waals surface area contributed by atoms with Crippen LogP contribution in [0.2, 0.25) is 0 Å². The van der Waals surface area contributed by atoms with Crippen LogP contribution in [0, 0.1) is 0 Å². The predicted octanol–water partition coefficient (Wildman–Crippen LogP) is 3.07. The van der Waals surface area contributed by atoms with Gasteiger partial charge < -0.3 is 5.32 Å². The average molecular weight is 263 g/mol. The molecule has 0 aromatic carbocycles. The number of unbranched alkanes of at least 4 members (excludes halogenated alkanes) is 2. The summed E-state index contributed by atoms with van der Waals surface area (Å²) < 4.78 is 0. The van der Waals surface area contributed by atoms with E-state index in [-0.39, 0.29) is 0 Å². The van der Waals surface area contributed by atoms with Crippen molar-refractivity contribution in [3.63, 3.8) is 0 Å². The molecule has 0 atom stereocenters. The third-order valence-corrected chi connectivity index (χ3v) is 3.41. The first-order valence-corrected chi connectivity index (χ1v) is 7.57. The number of nitrogens with zero attached hydrogens (tertiary/aromatic N) is 2. The van der Waals surface area contributed by atoms with Crippen LogP contribution >= 0.6 is 0 Å². The molecule has 0 bridgehead atoms. The van der Waals surface area contributed by atoms with Gasteiger partial charge in [-0.3, -0.25) is 9.88 Å². The van der Waals surface area contributed by atoms with Gasteiger partial charge in [0.05, 0.1) is 0 Å². The molecule has 19 heavy (non-hydrogen) atoms. The van der Waals surface area contributed by atoms with Crippen LogP contribution in [0.1, 0.15) is 45.6 Å². The quantitative estimate of drug-likeness (QED) is 0.658. The molecule has 1 rings (SSSR count). The third-order valence-electron chi connectivity index (χ3n) is 3.41. The van der Waals surface area contributed by atoms with Crippen molar-refractivity contribution in [2.75, 3.05) is 19.6 Å². The molecule has 3 heteroatoms. The van der Waals surface area contributed by atoms with Crippen LogP contribution in [0.3, 0.4) is 0 Å². The van der Waals surface area contributed by atoms with E-state index in [1.54, 1.807) is 0 Å². The minimum atomic E-state index is 0.636. The van der Waals surface area contributed by atoms with Crippen molar-refractivity contribution in [2.45, 2.75) is 52.6 Å². The van der Waals surface area contributed by atoms with Crippen LogP contribution in [0.25, 0.3) is 0 Å². The molecule has 0 radical (unpaired) electrons. The van der Waals surface area contributed by atoms with Crippen LogP contribution in [0.4, 0.5) is 0 Å². The molecule has 0 fully saturated rings. The monoisotopic (exact) mass is 263 g/mol. The van der Waals surface area contributed by atoms with Crippen molar-refractivity contribution in [3.8, 4) is 0 Å². The molecule has 108 valence electrons. The first-order chi connectivity index (χ1) is 9.24. The second-order valence-corrected chi connectivity index (χ2v) is 5.37. The Bertz CT molecular complexity index is 311. The number of rotatable bonds is 10. The maximum absolute atomic E-state index is 4.13. The van der Waals surface area contributed by atoms with Crippen molar-refractivity contribution in [1.82, 2.24) is 15.2 Å². The fourth-order valence-corrected chi connectivity index (χ4v) is 2.15. The zero-order valence-electron chi connectivity index (χ0n) is 12.7. The SMILES string of the molecule is CCCCCN(CCNCc1cccnc1)C(C)C. The van der Waals surface area contributed by atoms with Gasteiger partial charge in [0.15, 0.2) is 0 Å². The number of pyridine rings is 1. The Hall–Kier alpha value is -0.930. The summed E-state index contributed by atoms with van der Waals surface area (Å²) in [5, 5.41) is 3.50. The molecule has 1 aromatic heterocycles. The third kappa shape index (κ3) is 7.28. The van der Waals surface area contributed by atoms with Gasteiger partial charge in [-0.25, -0.2) is 0 Å². The highest BCUT2D eigenvalue weighted by Crippen LogP contribution is 2.02. The molecule has 1 heterocycles. The molecule has 0 aliphatic carbocycles. The molecule has 0 aliphatic heterocycles. The molecule has 0 unspecified atom stereocenters. The van der Waals surface area contributed by atoms with Crippen LogP contribution in [0.15, 0.2) is 24.5 Å². The zero-order chi connectivity index (χ0) is 13.9. The molecule has 1 aromatic rings. The summed E-state index contributed by atoms with van der Waals surface area (Å²) in [5.74, 6) is 0. The van der Waals surface area contributed by atoms with Crippen molar-refractivity contribution in [1.29, 1.82) is 0 Å². The lowest BCUT2D eigenvalue weighted by Gasteiger charge is -2.26. The summed E-state index contributed by atoms with van der Waals surface area (Å²) in [5.41, 5.74) is 1.25. The Morgan fingerprint density at radius 1 is 1.26 bits per heavy atom. The summed E-state index contributed by atoms with van der Waals surface area (Å²) >= 11 is 0. The summed E-state index contributed by atoms with van der Waals surface area (Å²) in [4.78, 5) is 6.69. The standard InChI is InChI=1S/C16H29N3/c1-4-5-6-11-19(15(2)3)12-10-18-14-16-8-7-9-17-13-16/h7-9,13,15,18H,4-6,10-12,14H2,1-3H3. The maximum atomic E-state index is 4.13. The van der Waals surface area contributed by atoms with E-state index >= 15 is 0 Å². The molecule has 0 saturated carbocycles. The molecule has 0 aliphatic rings. The van der Waals surface area contributed by atoms with Gasteiger partial charge in [-0.15, -0.1) is 0 Å². The topological polar surface area (TPSA) is 28.2 Å².